The first kappa shape index (κ1) is 15.3. The average molecular weight is 372 g/mol. The fourth-order valence-electron chi connectivity index (χ4n) is 2.19. The summed E-state index contributed by atoms with van der Waals surface area (Å²) in [5, 5.41) is 2.95. The molecule has 116 valence electrons. The normalized spacial score (nSPS) is 10.5. The standard InChI is InChI=1S/C17H14BrN3O2/c18-14-8-4-7-13(9-14)16(22)11-19-21-17(23)10-15(20-21)12-5-2-1-3-6-12/h1-10,19-20H,11H2. The Balaban J connectivity index is 1.73. The van der Waals surface area contributed by atoms with E-state index in [1.165, 1.54) is 10.9 Å². The van der Waals surface area contributed by atoms with Gasteiger partial charge in [0.15, 0.2) is 5.78 Å². The smallest absolute Gasteiger partial charge is 0.286 e. The van der Waals surface area contributed by atoms with E-state index in [-0.39, 0.29) is 17.9 Å². The first-order valence-corrected chi connectivity index (χ1v) is 7.83. The van der Waals surface area contributed by atoms with Gasteiger partial charge in [-0.05, 0) is 17.7 Å². The number of halogens is 1. The van der Waals surface area contributed by atoms with Crippen LogP contribution in [0.4, 0.5) is 0 Å². The molecule has 2 N–H and O–H groups in total. The SMILES string of the molecule is O=C(CNn1[nH]c(-c2ccccc2)cc1=O)c1cccc(Br)c1. The molecule has 23 heavy (non-hydrogen) atoms. The Labute approximate surface area is 141 Å². The number of aromatic nitrogens is 2. The molecule has 0 aliphatic carbocycles. The Morgan fingerprint density at radius 1 is 1.09 bits per heavy atom. The van der Waals surface area contributed by atoms with Crippen molar-refractivity contribution in [2.24, 2.45) is 0 Å². The third kappa shape index (κ3) is 3.60. The van der Waals surface area contributed by atoms with Crippen molar-refractivity contribution in [3.63, 3.8) is 0 Å². The Hall–Kier alpha value is -2.60. The molecule has 1 aromatic heterocycles. The number of rotatable bonds is 5. The van der Waals surface area contributed by atoms with E-state index in [1.807, 2.05) is 36.4 Å². The van der Waals surface area contributed by atoms with Crippen molar-refractivity contribution in [3.05, 3.63) is 81.1 Å². The Kier molecular flexibility index (Phi) is 4.43. The fourth-order valence-corrected chi connectivity index (χ4v) is 2.59. The highest BCUT2D eigenvalue weighted by Crippen LogP contribution is 2.14. The maximum Gasteiger partial charge on any atom is 0.286 e. The van der Waals surface area contributed by atoms with Gasteiger partial charge in [-0.1, -0.05) is 58.4 Å². The van der Waals surface area contributed by atoms with Crippen molar-refractivity contribution < 1.29 is 4.79 Å². The second-order valence-electron chi connectivity index (χ2n) is 4.98. The molecule has 0 spiro atoms. The van der Waals surface area contributed by atoms with Gasteiger partial charge in [-0.15, -0.1) is 0 Å². The molecular weight excluding hydrogens is 358 g/mol. The molecule has 6 heteroatoms. The Bertz CT molecular complexity index is 884. The highest BCUT2D eigenvalue weighted by molar-refractivity contribution is 9.10. The third-order valence-corrected chi connectivity index (χ3v) is 3.84. The predicted molar refractivity (Wildman–Crippen MR) is 93.2 cm³/mol. The zero-order valence-corrected chi connectivity index (χ0v) is 13.7. The van der Waals surface area contributed by atoms with Gasteiger partial charge < -0.3 is 5.43 Å². The van der Waals surface area contributed by atoms with E-state index in [4.69, 9.17) is 0 Å². The van der Waals surface area contributed by atoms with Crippen LogP contribution < -0.4 is 11.0 Å². The van der Waals surface area contributed by atoms with E-state index in [1.54, 1.807) is 18.2 Å². The zero-order valence-electron chi connectivity index (χ0n) is 12.1. The second-order valence-corrected chi connectivity index (χ2v) is 5.89. The molecule has 3 rings (SSSR count). The molecule has 0 saturated heterocycles. The summed E-state index contributed by atoms with van der Waals surface area (Å²) in [5.41, 5.74) is 4.74. The first-order valence-electron chi connectivity index (χ1n) is 7.03. The number of hydrogen-bond acceptors (Lipinski definition) is 3. The maximum absolute atomic E-state index is 12.1. The van der Waals surface area contributed by atoms with E-state index >= 15 is 0 Å². The van der Waals surface area contributed by atoms with Gasteiger partial charge in [-0.2, -0.15) is 4.79 Å². The lowest BCUT2D eigenvalue weighted by Crippen LogP contribution is -2.30. The molecule has 3 aromatic rings. The van der Waals surface area contributed by atoms with Gasteiger partial charge in [0, 0.05) is 16.1 Å². The quantitative estimate of drug-likeness (QED) is 0.677. The van der Waals surface area contributed by atoms with Crippen LogP contribution in [0, 0.1) is 0 Å². The monoisotopic (exact) mass is 371 g/mol. The second kappa shape index (κ2) is 6.66. The van der Waals surface area contributed by atoms with Crippen molar-refractivity contribution >= 4 is 21.7 Å². The summed E-state index contributed by atoms with van der Waals surface area (Å²) in [4.78, 5) is 25.3. The van der Waals surface area contributed by atoms with Crippen LogP contribution in [0.25, 0.3) is 11.3 Å². The van der Waals surface area contributed by atoms with E-state index in [0.717, 1.165) is 10.0 Å². The van der Waals surface area contributed by atoms with Crippen LogP contribution >= 0.6 is 15.9 Å². The number of carbonyl (C=O) groups excluding carboxylic acids is 1. The predicted octanol–water partition coefficient (Wildman–Crippen LogP) is 3.03. The molecule has 0 unspecified atom stereocenters. The molecule has 0 bridgehead atoms. The summed E-state index contributed by atoms with van der Waals surface area (Å²) in [6.07, 6.45) is 0. The van der Waals surface area contributed by atoms with Crippen LogP contribution in [-0.2, 0) is 0 Å². The molecule has 2 aromatic carbocycles. The van der Waals surface area contributed by atoms with Gasteiger partial charge in [0.1, 0.15) is 0 Å². The van der Waals surface area contributed by atoms with Crippen LogP contribution in [0.15, 0.2) is 69.9 Å². The van der Waals surface area contributed by atoms with Crippen LogP contribution in [0.5, 0.6) is 0 Å². The summed E-state index contributed by atoms with van der Waals surface area (Å²) in [6, 6.07) is 18.1. The summed E-state index contributed by atoms with van der Waals surface area (Å²) >= 11 is 3.33. The maximum atomic E-state index is 12.1. The number of Topliss-reactive ketones (excluding diaryl/α,β-unsaturated/α-hetero) is 1. The lowest BCUT2D eigenvalue weighted by molar-refractivity contribution is 0.100. The van der Waals surface area contributed by atoms with Crippen molar-refractivity contribution in [1.29, 1.82) is 0 Å². The summed E-state index contributed by atoms with van der Waals surface area (Å²) in [6.45, 7) is 0.0190. The lowest BCUT2D eigenvalue weighted by atomic mass is 10.1. The number of nitrogens with one attached hydrogen (secondary N) is 2. The highest BCUT2D eigenvalue weighted by atomic mass is 79.9. The Morgan fingerprint density at radius 3 is 2.61 bits per heavy atom. The minimum absolute atomic E-state index is 0.0190. The molecule has 1 heterocycles. The van der Waals surface area contributed by atoms with Crippen LogP contribution in [-0.4, -0.2) is 22.2 Å². The topological polar surface area (TPSA) is 66.9 Å². The molecule has 0 amide bonds. The average Bonchev–Trinajstić information content (AvgIpc) is 2.94. The van der Waals surface area contributed by atoms with Gasteiger partial charge in [0.05, 0.1) is 12.2 Å². The van der Waals surface area contributed by atoms with Gasteiger partial charge in [-0.3, -0.25) is 14.7 Å². The number of carbonyl (C=O) groups is 1. The minimum atomic E-state index is -0.245. The highest BCUT2D eigenvalue weighted by Gasteiger charge is 2.08. The summed E-state index contributed by atoms with van der Waals surface area (Å²) in [5.74, 6) is -0.103. The van der Waals surface area contributed by atoms with Gasteiger partial charge in [0.25, 0.3) is 5.56 Å². The number of nitrogens with zero attached hydrogens (tertiary/aromatic N) is 1. The molecule has 0 saturated carbocycles. The first-order chi connectivity index (χ1) is 11.1. The van der Waals surface area contributed by atoms with Crippen molar-refractivity contribution in [2.75, 3.05) is 12.0 Å². The van der Waals surface area contributed by atoms with Crippen LogP contribution in [0.1, 0.15) is 10.4 Å². The summed E-state index contributed by atoms with van der Waals surface area (Å²) in [7, 11) is 0. The van der Waals surface area contributed by atoms with E-state index in [9.17, 15) is 9.59 Å². The number of H-pyrrole nitrogens is 1. The van der Waals surface area contributed by atoms with Crippen LogP contribution in [0.2, 0.25) is 0 Å². The molecule has 0 atom stereocenters. The van der Waals surface area contributed by atoms with E-state index < -0.39 is 0 Å². The van der Waals surface area contributed by atoms with E-state index in [2.05, 4.69) is 26.5 Å². The number of aromatic amines is 1. The van der Waals surface area contributed by atoms with Crippen molar-refractivity contribution in [1.82, 2.24) is 9.89 Å². The summed E-state index contributed by atoms with van der Waals surface area (Å²) < 4.78 is 0.840. The minimum Gasteiger partial charge on any atom is -0.300 e. The molecule has 0 aliphatic rings. The zero-order chi connectivity index (χ0) is 16.2. The fraction of sp³-hybridized carbons (Fsp3) is 0.0588. The molecule has 0 fully saturated rings. The van der Waals surface area contributed by atoms with Gasteiger partial charge in [0.2, 0.25) is 0 Å². The number of ketones is 1. The van der Waals surface area contributed by atoms with Crippen molar-refractivity contribution in [3.8, 4) is 11.3 Å². The van der Waals surface area contributed by atoms with Crippen molar-refractivity contribution in [2.45, 2.75) is 0 Å². The number of benzene rings is 2. The Morgan fingerprint density at radius 2 is 1.87 bits per heavy atom. The third-order valence-electron chi connectivity index (χ3n) is 3.35. The van der Waals surface area contributed by atoms with Crippen LogP contribution in [0.3, 0.4) is 0 Å². The molecule has 0 aliphatic heterocycles. The molecule has 5 nitrogen and oxygen atoms in total. The largest absolute Gasteiger partial charge is 0.300 e. The molecule has 0 radical (unpaired) electrons. The lowest BCUT2D eigenvalue weighted by Gasteiger charge is -2.06. The van der Waals surface area contributed by atoms with E-state index in [0.29, 0.717) is 11.3 Å². The van der Waals surface area contributed by atoms with Gasteiger partial charge in [-0.25, -0.2) is 0 Å². The van der Waals surface area contributed by atoms with Gasteiger partial charge >= 0.3 is 0 Å². The molecular formula is C17H14BrN3O2. The number of hydrogen-bond donors (Lipinski definition) is 2.